The molecule has 2 heterocycles. The minimum Gasteiger partial charge on any atom is -0.381 e. The summed E-state index contributed by atoms with van der Waals surface area (Å²) in [5, 5.41) is 5.52. The lowest BCUT2D eigenvalue weighted by atomic mass is 9.99. The Balaban J connectivity index is 1.70. The molecule has 0 unspecified atom stereocenters. The Hall–Kier alpha value is -2.33. The second-order valence-electron chi connectivity index (χ2n) is 6.37. The number of carbonyl (C=O) groups is 1. The van der Waals surface area contributed by atoms with Gasteiger partial charge in [-0.15, -0.1) is 0 Å². The predicted molar refractivity (Wildman–Crippen MR) is 97.3 cm³/mol. The Labute approximate surface area is 141 Å². The highest BCUT2D eigenvalue weighted by Gasteiger charge is 2.21. The van der Waals surface area contributed by atoms with Gasteiger partial charge in [-0.05, 0) is 44.0 Å². The molecule has 4 nitrogen and oxygen atoms in total. The Kier molecular flexibility index (Phi) is 3.98. The first-order chi connectivity index (χ1) is 11.8. The Morgan fingerprint density at radius 1 is 1.12 bits per heavy atom. The maximum Gasteiger partial charge on any atom is 0.227 e. The lowest BCUT2D eigenvalue weighted by Crippen LogP contribution is -2.28. The van der Waals surface area contributed by atoms with Gasteiger partial charge in [-0.3, -0.25) is 4.79 Å². The third-order valence-corrected chi connectivity index (χ3v) is 4.95. The van der Waals surface area contributed by atoms with Crippen LogP contribution >= 0.6 is 0 Å². The molecule has 4 heteroatoms. The van der Waals surface area contributed by atoms with Crippen LogP contribution in [0.5, 0.6) is 0 Å². The number of anilines is 1. The largest absolute Gasteiger partial charge is 0.381 e. The standard InChI is InChI=1S/C20H22N2O2/c1-2-22-18-6-4-3-5-16(18)17-13-15(7-8-19(17)22)21-20(23)14-9-11-24-12-10-14/h3-8,13-14H,2,9-12H2,1H3,(H,21,23). The van der Waals surface area contributed by atoms with Gasteiger partial charge >= 0.3 is 0 Å². The number of carbonyl (C=O) groups excluding carboxylic acids is 1. The number of rotatable bonds is 3. The molecular formula is C20H22N2O2. The first-order valence-electron chi connectivity index (χ1n) is 8.67. The van der Waals surface area contributed by atoms with E-state index in [1.165, 1.54) is 21.8 Å². The SMILES string of the molecule is CCn1c2ccccc2c2cc(NC(=O)C3CCOCC3)ccc21. The van der Waals surface area contributed by atoms with Crippen molar-refractivity contribution in [2.75, 3.05) is 18.5 Å². The van der Waals surface area contributed by atoms with Gasteiger partial charge < -0.3 is 14.6 Å². The van der Waals surface area contributed by atoms with Crippen LogP contribution in [-0.2, 0) is 16.1 Å². The van der Waals surface area contributed by atoms with Crippen LogP contribution in [-0.4, -0.2) is 23.7 Å². The van der Waals surface area contributed by atoms with Crippen molar-refractivity contribution in [2.45, 2.75) is 26.3 Å². The van der Waals surface area contributed by atoms with E-state index in [1.807, 2.05) is 6.07 Å². The van der Waals surface area contributed by atoms with Crippen molar-refractivity contribution in [3.8, 4) is 0 Å². The van der Waals surface area contributed by atoms with Crippen LogP contribution in [0.15, 0.2) is 42.5 Å². The quantitative estimate of drug-likeness (QED) is 0.786. The van der Waals surface area contributed by atoms with Crippen LogP contribution in [0, 0.1) is 5.92 Å². The van der Waals surface area contributed by atoms with Gasteiger partial charge in [0, 0.05) is 53.2 Å². The van der Waals surface area contributed by atoms with Gasteiger partial charge in [0.2, 0.25) is 5.91 Å². The zero-order valence-corrected chi connectivity index (χ0v) is 13.9. The fourth-order valence-electron chi connectivity index (χ4n) is 3.68. The summed E-state index contributed by atoms with van der Waals surface area (Å²) in [5.41, 5.74) is 3.32. The van der Waals surface area contributed by atoms with Crippen molar-refractivity contribution in [1.82, 2.24) is 4.57 Å². The molecule has 24 heavy (non-hydrogen) atoms. The molecule has 0 spiro atoms. The molecular weight excluding hydrogens is 300 g/mol. The van der Waals surface area contributed by atoms with Crippen molar-refractivity contribution < 1.29 is 9.53 Å². The average Bonchev–Trinajstić information content (AvgIpc) is 2.95. The molecule has 124 valence electrons. The molecule has 1 aromatic heterocycles. The summed E-state index contributed by atoms with van der Waals surface area (Å²) >= 11 is 0. The summed E-state index contributed by atoms with van der Waals surface area (Å²) in [5.74, 6) is 0.170. The molecule has 1 saturated heterocycles. The summed E-state index contributed by atoms with van der Waals surface area (Å²) in [6, 6.07) is 14.6. The van der Waals surface area contributed by atoms with E-state index in [1.54, 1.807) is 0 Å². The van der Waals surface area contributed by atoms with E-state index < -0.39 is 0 Å². The van der Waals surface area contributed by atoms with E-state index >= 15 is 0 Å². The highest BCUT2D eigenvalue weighted by Crippen LogP contribution is 2.31. The number of para-hydroxylation sites is 1. The zero-order valence-electron chi connectivity index (χ0n) is 13.9. The molecule has 0 radical (unpaired) electrons. The van der Waals surface area contributed by atoms with Gasteiger partial charge in [-0.25, -0.2) is 0 Å². The molecule has 1 amide bonds. The molecule has 3 aromatic rings. The molecule has 0 atom stereocenters. The fraction of sp³-hybridized carbons (Fsp3) is 0.350. The molecule has 2 aromatic carbocycles. The number of aryl methyl sites for hydroxylation is 1. The summed E-state index contributed by atoms with van der Waals surface area (Å²) in [7, 11) is 0. The van der Waals surface area contributed by atoms with Crippen molar-refractivity contribution in [3.05, 3.63) is 42.5 Å². The maximum absolute atomic E-state index is 12.5. The van der Waals surface area contributed by atoms with E-state index in [4.69, 9.17) is 4.74 Å². The number of fused-ring (bicyclic) bond motifs is 3. The average molecular weight is 322 g/mol. The number of benzene rings is 2. The van der Waals surface area contributed by atoms with Gasteiger partial charge in [0.1, 0.15) is 0 Å². The van der Waals surface area contributed by atoms with Crippen molar-refractivity contribution in [2.24, 2.45) is 5.92 Å². The van der Waals surface area contributed by atoms with Crippen LogP contribution in [0.4, 0.5) is 5.69 Å². The summed E-state index contributed by atoms with van der Waals surface area (Å²) in [6.45, 7) is 4.45. The number of aromatic nitrogens is 1. The predicted octanol–water partition coefficient (Wildman–Crippen LogP) is 4.18. The van der Waals surface area contributed by atoms with E-state index in [0.29, 0.717) is 13.2 Å². The molecule has 1 aliphatic rings. The maximum atomic E-state index is 12.5. The van der Waals surface area contributed by atoms with Gasteiger partial charge in [-0.1, -0.05) is 18.2 Å². The number of hydrogen-bond donors (Lipinski definition) is 1. The summed E-state index contributed by atoms with van der Waals surface area (Å²) in [4.78, 5) is 12.5. The number of amides is 1. The summed E-state index contributed by atoms with van der Waals surface area (Å²) < 4.78 is 7.65. The van der Waals surface area contributed by atoms with Crippen LogP contribution in [0.2, 0.25) is 0 Å². The second kappa shape index (κ2) is 6.29. The second-order valence-corrected chi connectivity index (χ2v) is 6.37. The number of ether oxygens (including phenoxy) is 1. The molecule has 0 saturated carbocycles. The van der Waals surface area contributed by atoms with E-state index in [9.17, 15) is 4.79 Å². The Morgan fingerprint density at radius 3 is 2.67 bits per heavy atom. The lowest BCUT2D eigenvalue weighted by Gasteiger charge is -2.21. The van der Waals surface area contributed by atoms with Crippen molar-refractivity contribution in [3.63, 3.8) is 0 Å². The van der Waals surface area contributed by atoms with Crippen molar-refractivity contribution in [1.29, 1.82) is 0 Å². The highest BCUT2D eigenvalue weighted by molar-refractivity contribution is 6.09. The molecule has 0 aliphatic carbocycles. The molecule has 1 N–H and O–H groups in total. The molecule has 0 bridgehead atoms. The Bertz CT molecular complexity index is 891. The van der Waals surface area contributed by atoms with Gasteiger partial charge in [-0.2, -0.15) is 0 Å². The number of nitrogens with one attached hydrogen (secondary N) is 1. The van der Waals surface area contributed by atoms with Gasteiger partial charge in [0.15, 0.2) is 0 Å². The van der Waals surface area contributed by atoms with Gasteiger partial charge in [0.25, 0.3) is 0 Å². The van der Waals surface area contributed by atoms with E-state index in [-0.39, 0.29) is 11.8 Å². The summed E-state index contributed by atoms with van der Waals surface area (Å²) in [6.07, 6.45) is 1.62. The molecule has 4 rings (SSSR count). The first-order valence-corrected chi connectivity index (χ1v) is 8.67. The number of nitrogens with zero attached hydrogens (tertiary/aromatic N) is 1. The van der Waals surface area contributed by atoms with Crippen LogP contribution in [0.25, 0.3) is 21.8 Å². The van der Waals surface area contributed by atoms with Crippen LogP contribution in [0.3, 0.4) is 0 Å². The monoisotopic (exact) mass is 322 g/mol. The Morgan fingerprint density at radius 2 is 1.88 bits per heavy atom. The molecule has 1 fully saturated rings. The highest BCUT2D eigenvalue weighted by atomic mass is 16.5. The third kappa shape index (κ3) is 2.57. The van der Waals surface area contributed by atoms with E-state index in [0.717, 1.165) is 25.1 Å². The van der Waals surface area contributed by atoms with Crippen molar-refractivity contribution >= 4 is 33.4 Å². The minimum atomic E-state index is 0.0615. The zero-order chi connectivity index (χ0) is 16.5. The first kappa shape index (κ1) is 15.2. The lowest BCUT2D eigenvalue weighted by molar-refractivity contribution is -0.122. The minimum absolute atomic E-state index is 0.0615. The van der Waals surface area contributed by atoms with Crippen LogP contribution in [0.1, 0.15) is 19.8 Å². The normalized spacial score (nSPS) is 15.9. The van der Waals surface area contributed by atoms with E-state index in [2.05, 4.69) is 53.2 Å². The topological polar surface area (TPSA) is 43.3 Å². The third-order valence-electron chi connectivity index (χ3n) is 4.95. The molecule has 1 aliphatic heterocycles. The van der Waals surface area contributed by atoms with Gasteiger partial charge in [0.05, 0.1) is 0 Å². The number of hydrogen-bond acceptors (Lipinski definition) is 2. The fourth-order valence-corrected chi connectivity index (χ4v) is 3.68. The smallest absolute Gasteiger partial charge is 0.227 e. The van der Waals surface area contributed by atoms with Crippen LogP contribution < -0.4 is 5.32 Å².